The third-order valence-corrected chi connectivity index (χ3v) is 3.84. The SMILES string of the molecule is N[C@@H]1CCC[C@H]1CC(=O)NCCNc1nccc(C(F)(F)F)n1. The van der Waals surface area contributed by atoms with Crippen LogP contribution in [-0.2, 0) is 11.0 Å². The fraction of sp³-hybridized carbons (Fsp3) is 0.643. The van der Waals surface area contributed by atoms with Gasteiger partial charge in [-0.25, -0.2) is 9.97 Å². The van der Waals surface area contributed by atoms with E-state index in [0.29, 0.717) is 6.42 Å². The van der Waals surface area contributed by atoms with Crippen LogP contribution in [0.15, 0.2) is 12.3 Å². The number of aromatic nitrogens is 2. The van der Waals surface area contributed by atoms with Crippen molar-refractivity contribution >= 4 is 11.9 Å². The van der Waals surface area contributed by atoms with Gasteiger partial charge in [0, 0.05) is 31.7 Å². The van der Waals surface area contributed by atoms with Crippen molar-refractivity contribution in [1.82, 2.24) is 15.3 Å². The Morgan fingerprint density at radius 1 is 1.35 bits per heavy atom. The summed E-state index contributed by atoms with van der Waals surface area (Å²) in [6.45, 7) is 0.518. The first kappa shape index (κ1) is 17.5. The van der Waals surface area contributed by atoms with Gasteiger partial charge in [0.2, 0.25) is 11.9 Å². The smallest absolute Gasteiger partial charge is 0.354 e. The van der Waals surface area contributed by atoms with E-state index < -0.39 is 11.9 Å². The molecule has 6 nitrogen and oxygen atoms in total. The van der Waals surface area contributed by atoms with Crippen molar-refractivity contribution in [3.05, 3.63) is 18.0 Å². The van der Waals surface area contributed by atoms with Gasteiger partial charge >= 0.3 is 6.18 Å². The normalized spacial score (nSPS) is 21.2. The summed E-state index contributed by atoms with van der Waals surface area (Å²) >= 11 is 0. The zero-order chi connectivity index (χ0) is 16.9. The molecule has 0 bridgehead atoms. The van der Waals surface area contributed by atoms with Gasteiger partial charge in [0.25, 0.3) is 0 Å². The summed E-state index contributed by atoms with van der Waals surface area (Å²) in [5, 5.41) is 5.36. The van der Waals surface area contributed by atoms with Crippen LogP contribution < -0.4 is 16.4 Å². The Morgan fingerprint density at radius 2 is 2.13 bits per heavy atom. The Kier molecular flexibility index (Phi) is 5.75. The summed E-state index contributed by atoms with van der Waals surface area (Å²) in [6.07, 6.45) is -0.113. The van der Waals surface area contributed by atoms with E-state index in [2.05, 4.69) is 20.6 Å². The molecule has 23 heavy (non-hydrogen) atoms. The molecule has 2 rings (SSSR count). The van der Waals surface area contributed by atoms with E-state index in [4.69, 9.17) is 5.73 Å². The lowest BCUT2D eigenvalue weighted by atomic mass is 10.00. The van der Waals surface area contributed by atoms with Crippen LogP contribution in [0.1, 0.15) is 31.4 Å². The van der Waals surface area contributed by atoms with Gasteiger partial charge in [-0.15, -0.1) is 0 Å². The average Bonchev–Trinajstić information content (AvgIpc) is 2.88. The molecular weight excluding hydrogens is 311 g/mol. The number of nitrogens with one attached hydrogen (secondary N) is 2. The Labute approximate surface area is 132 Å². The predicted octanol–water partition coefficient (Wildman–Crippen LogP) is 1.54. The van der Waals surface area contributed by atoms with Gasteiger partial charge in [0.05, 0.1) is 0 Å². The minimum absolute atomic E-state index is 0.0809. The highest BCUT2D eigenvalue weighted by Gasteiger charge is 2.32. The van der Waals surface area contributed by atoms with E-state index in [1.165, 1.54) is 0 Å². The summed E-state index contributed by atoms with van der Waals surface area (Å²) in [7, 11) is 0. The molecule has 0 saturated heterocycles. The zero-order valence-electron chi connectivity index (χ0n) is 12.6. The second-order valence-corrected chi connectivity index (χ2v) is 5.60. The maximum Gasteiger partial charge on any atom is 0.433 e. The van der Waals surface area contributed by atoms with Crippen molar-refractivity contribution in [2.24, 2.45) is 11.7 Å². The first-order chi connectivity index (χ1) is 10.9. The molecule has 128 valence electrons. The lowest BCUT2D eigenvalue weighted by Crippen LogP contribution is -2.33. The third kappa shape index (κ3) is 5.34. The minimum atomic E-state index is -4.51. The number of nitrogens with zero attached hydrogens (tertiary/aromatic N) is 2. The fourth-order valence-corrected chi connectivity index (χ4v) is 2.61. The van der Waals surface area contributed by atoms with Crippen molar-refractivity contribution in [3.8, 4) is 0 Å². The van der Waals surface area contributed by atoms with Crippen LogP contribution in [0.4, 0.5) is 19.1 Å². The van der Waals surface area contributed by atoms with E-state index in [-0.39, 0.29) is 36.9 Å². The number of anilines is 1. The van der Waals surface area contributed by atoms with Crippen LogP contribution in [-0.4, -0.2) is 35.0 Å². The lowest BCUT2D eigenvalue weighted by Gasteiger charge is -2.15. The molecule has 9 heteroatoms. The Bertz CT molecular complexity index is 537. The van der Waals surface area contributed by atoms with Gasteiger partial charge in [-0.05, 0) is 24.8 Å². The monoisotopic (exact) mass is 331 g/mol. The molecule has 2 atom stereocenters. The summed E-state index contributed by atoms with van der Waals surface area (Å²) < 4.78 is 37.5. The number of hydrogen-bond donors (Lipinski definition) is 3. The Balaban J connectivity index is 1.70. The quantitative estimate of drug-likeness (QED) is 0.688. The van der Waals surface area contributed by atoms with E-state index >= 15 is 0 Å². The summed E-state index contributed by atoms with van der Waals surface area (Å²) in [5.74, 6) is 0.000703. The fourth-order valence-electron chi connectivity index (χ4n) is 2.61. The molecule has 0 aliphatic heterocycles. The molecule has 1 amide bonds. The summed E-state index contributed by atoms with van der Waals surface area (Å²) in [4.78, 5) is 18.9. The van der Waals surface area contributed by atoms with E-state index in [1.54, 1.807) is 0 Å². The Morgan fingerprint density at radius 3 is 2.78 bits per heavy atom. The molecular formula is C14H20F3N5O. The van der Waals surface area contributed by atoms with Crippen molar-refractivity contribution < 1.29 is 18.0 Å². The van der Waals surface area contributed by atoms with Crippen molar-refractivity contribution in [2.45, 2.75) is 37.9 Å². The second-order valence-electron chi connectivity index (χ2n) is 5.60. The van der Waals surface area contributed by atoms with E-state index in [1.807, 2.05) is 0 Å². The number of rotatable bonds is 6. The molecule has 1 fully saturated rings. The topological polar surface area (TPSA) is 92.9 Å². The van der Waals surface area contributed by atoms with Gasteiger partial charge in [-0.3, -0.25) is 4.79 Å². The van der Waals surface area contributed by atoms with Crippen molar-refractivity contribution in [1.29, 1.82) is 0 Å². The molecule has 1 aliphatic carbocycles. The summed E-state index contributed by atoms with van der Waals surface area (Å²) in [5.41, 5.74) is 4.90. The predicted molar refractivity (Wildman–Crippen MR) is 78.5 cm³/mol. The number of halogens is 3. The first-order valence-corrected chi connectivity index (χ1v) is 7.52. The maximum atomic E-state index is 12.5. The molecule has 1 heterocycles. The van der Waals surface area contributed by atoms with Crippen LogP contribution in [0.2, 0.25) is 0 Å². The van der Waals surface area contributed by atoms with Crippen molar-refractivity contribution in [3.63, 3.8) is 0 Å². The largest absolute Gasteiger partial charge is 0.433 e. The van der Waals surface area contributed by atoms with Crippen LogP contribution in [0.5, 0.6) is 0 Å². The number of alkyl halides is 3. The number of amides is 1. The number of hydrogen-bond acceptors (Lipinski definition) is 5. The molecule has 0 radical (unpaired) electrons. The summed E-state index contributed by atoms with van der Waals surface area (Å²) in [6, 6.07) is 0.884. The molecule has 4 N–H and O–H groups in total. The van der Waals surface area contributed by atoms with Gasteiger partial charge in [-0.1, -0.05) is 6.42 Å². The molecule has 0 spiro atoms. The Hall–Kier alpha value is -1.90. The van der Waals surface area contributed by atoms with Gasteiger partial charge in [0.15, 0.2) is 0 Å². The first-order valence-electron chi connectivity index (χ1n) is 7.52. The van der Waals surface area contributed by atoms with E-state index in [9.17, 15) is 18.0 Å². The highest BCUT2D eigenvalue weighted by atomic mass is 19.4. The number of carbonyl (C=O) groups excluding carboxylic acids is 1. The third-order valence-electron chi connectivity index (χ3n) is 3.84. The van der Waals surface area contributed by atoms with Gasteiger partial charge < -0.3 is 16.4 Å². The van der Waals surface area contributed by atoms with E-state index in [0.717, 1.165) is 31.5 Å². The van der Waals surface area contributed by atoms with Crippen LogP contribution in [0.3, 0.4) is 0 Å². The van der Waals surface area contributed by atoms with Gasteiger partial charge in [-0.2, -0.15) is 13.2 Å². The zero-order valence-corrected chi connectivity index (χ0v) is 12.6. The lowest BCUT2D eigenvalue weighted by molar-refractivity contribution is -0.141. The second kappa shape index (κ2) is 7.58. The maximum absolute atomic E-state index is 12.5. The van der Waals surface area contributed by atoms with Crippen LogP contribution >= 0.6 is 0 Å². The molecule has 1 aromatic heterocycles. The molecule has 1 aliphatic rings. The highest BCUT2D eigenvalue weighted by molar-refractivity contribution is 5.76. The molecule has 0 aromatic carbocycles. The minimum Gasteiger partial charge on any atom is -0.354 e. The highest BCUT2D eigenvalue weighted by Crippen LogP contribution is 2.27. The molecule has 1 saturated carbocycles. The van der Waals surface area contributed by atoms with Gasteiger partial charge in [0.1, 0.15) is 5.69 Å². The van der Waals surface area contributed by atoms with Crippen LogP contribution in [0.25, 0.3) is 0 Å². The standard InChI is InChI=1S/C14H20F3N5O/c15-14(16,17)11-4-5-20-13(22-11)21-7-6-19-12(23)8-9-2-1-3-10(9)18/h4-5,9-10H,1-3,6-8,18H2,(H,19,23)(H,20,21,22)/t9-,10+/m0/s1. The molecule has 1 aromatic rings. The molecule has 0 unspecified atom stereocenters. The average molecular weight is 331 g/mol. The number of carbonyl (C=O) groups is 1. The van der Waals surface area contributed by atoms with Crippen LogP contribution in [0, 0.1) is 5.92 Å². The van der Waals surface area contributed by atoms with Crippen molar-refractivity contribution in [2.75, 3.05) is 18.4 Å². The number of nitrogens with two attached hydrogens (primary N) is 1.